The first-order chi connectivity index (χ1) is 11.9. The maximum Gasteiger partial charge on any atom is 0.322 e. The highest BCUT2D eigenvalue weighted by atomic mass is 16.5. The van der Waals surface area contributed by atoms with Gasteiger partial charge in [-0.2, -0.15) is 0 Å². The summed E-state index contributed by atoms with van der Waals surface area (Å²) < 4.78 is 16.1. The molecule has 1 atom stereocenters. The molecule has 0 fully saturated rings. The van der Waals surface area contributed by atoms with Gasteiger partial charge in [0.2, 0.25) is 0 Å². The molecular formula is C20H25NO4. The van der Waals surface area contributed by atoms with E-state index in [4.69, 9.17) is 15.2 Å². The van der Waals surface area contributed by atoms with Gasteiger partial charge in [-0.3, -0.25) is 4.79 Å². The molecule has 5 heteroatoms. The average Bonchev–Trinajstić information content (AvgIpc) is 2.61. The molecular weight excluding hydrogens is 318 g/mol. The van der Waals surface area contributed by atoms with Gasteiger partial charge in [-0.25, -0.2) is 0 Å². The molecule has 0 saturated heterocycles. The summed E-state index contributed by atoms with van der Waals surface area (Å²) in [6.45, 7) is 4.41. The second-order valence-electron chi connectivity index (χ2n) is 6.04. The Labute approximate surface area is 148 Å². The zero-order valence-corrected chi connectivity index (χ0v) is 15.2. The van der Waals surface area contributed by atoms with Crippen molar-refractivity contribution in [2.45, 2.75) is 32.9 Å². The van der Waals surface area contributed by atoms with Crippen molar-refractivity contribution in [1.29, 1.82) is 0 Å². The fourth-order valence-electron chi connectivity index (χ4n) is 2.58. The third kappa shape index (κ3) is 4.97. The molecule has 1 unspecified atom stereocenters. The van der Waals surface area contributed by atoms with Crippen molar-refractivity contribution in [3.8, 4) is 11.5 Å². The summed E-state index contributed by atoms with van der Waals surface area (Å²) in [4.78, 5) is 11.5. The summed E-state index contributed by atoms with van der Waals surface area (Å²) in [6, 6.07) is 11.1. The average molecular weight is 343 g/mol. The minimum absolute atomic E-state index is 0.370. The SMILES string of the molecule is COC(=O)C(N)Cc1ccc(OC)c(COc2cc(C)ccc2C)c1. The zero-order valence-electron chi connectivity index (χ0n) is 15.2. The third-order valence-electron chi connectivity index (χ3n) is 4.03. The summed E-state index contributed by atoms with van der Waals surface area (Å²) in [7, 11) is 2.95. The van der Waals surface area contributed by atoms with Crippen LogP contribution in [-0.4, -0.2) is 26.2 Å². The van der Waals surface area contributed by atoms with E-state index in [9.17, 15) is 4.79 Å². The Morgan fingerprint density at radius 1 is 1.08 bits per heavy atom. The smallest absolute Gasteiger partial charge is 0.322 e. The lowest BCUT2D eigenvalue weighted by atomic mass is 10.0. The molecule has 0 saturated carbocycles. The van der Waals surface area contributed by atoms with Crippen LogP contribution in [0, 0.1) is 13.8 Å². The topological polar surface area (TPSA) is 70.8 Å². The quantitative estimate of drug-likeness (QED) is 0.783. The molecule has 5 nitrogen and oxygen atoms in total. The number of aryl methyl sites for hydroxylation is 2. The minimum atomic E-state index is -0.689. The molecule has 0 aliphatic carbocycles. The largest absolute Gasteiger partial charge is 0.496 e. The van der Waals surface area contributed by atoms with Crippen molar-refractivity contribution in [3.05, 3.63) is 58.7 Å². The van der Waals surface area contributed by atoms with Crippen LogP contribution in [0.4, 0.5) is 0 Å². The Morgan fingerprint density at radius 2 is 1.84 bits per heavy atom. The van der Waals surface area contributed by atoms with Gasteiger partial charge in [0.25, 0.3) is 0 Å². The number of nitrogens with two attached hydrogens (primary N) is 1. The Balaban J connectivity index is 2.16. The number of methoxy groups -OCH3 is 2. The van der Waals surface area contributed by atoms with E-state index in [1.807, 2.05) is 44.2 Å². The lowest BCUT2D eigenvalue weighted by Gasteiger charge is -2.15. The number of benzene rings is 2. The number of carbonyl (C=O) groups excluding carboxylic acids is 1. The van der Waals surface area contributed by atoms with Crippen LogP contribution < -0.4 is 15.2 Å². The van der Waals surface area contributed by atoms with E-state index in [-0.39, 0.29) is 0 Å². The first-order valence-corrected chi connectivity index (χ1v) is 8.14. The second-order valence-corrected chi connectivity index (χ2v) is 6.04. The normalized spacial score (nSPS) is 11.7. The van der Waals surface area contributed by atoms with Crippen LogP contribution in [0.5, 0.6) is 11.5 Å². The molecule has 0 aliphatic rings. The minimum Gasteiger partial charge on any atom is -0.496 e. The van der Waals surface area contributed by atoms with Crippen LogP contribution in [0.2, 0.25) is 0 Å². The van der Waals surface area contributed by atoms with Gasteiger partial charge in [-0.1, -0.05) is 18.2 Å². The van der Waals surface area contributed by atoms with Gasteiger partial charge < -0.3 is 19.9 Å². The first-order valence-electron chi connectivity index (χ1n) is 8.14. The van der Waals surface area contributed by atoms with Crippen LogP contribution in [0.1, 0.15) is 22.3 Å². The summed E-state index contributed by atoms with van der Waals surface area (Å²) in [5, 5.41) is 0. The monoisotopic (exact) mass is 343 g/mol. The number of rotatable bonds is 7. The van der Waals surface area contributed by atoms with Gasteiger partial charge in [0.1, 0.15) is 24.1 Å². The fraction of sp³-hybridized carbons (Fsp3) is 0.350. The second kappa shape index (κ2) is 8.53. The number of esters is 1. The van der Waals surface area contributed by atoms with E-state index in [0.717, 1.165) is 33.8 Å². The van der Waals surface area contributed by atoms with Gasteiger partial charge in [-0.15, -0.1) is 0 Å². The zero-order chi connectivity index (χ0) is 18.4. The molecule has 0 aliphatic heterocycles. The lowest BCUT2D eigenvalue weighted by Crippen LogP contribution is -2.33. The van der Waals surface area contributed by atoms with Crippen molar-refractivity contribution >= 4 is 5.97 Å². The number of carbonyl (C=O) groups is 1. The standard InChI is InChI=1S/C20H25NO4/c1-13-5-6-14(2)19(9-13)25-12-16-10-15(7-8-18(16)23-3)11-17(21)20(22)24-4/h5-10,17H,11-12,21H2,1-4H3. The van der Waals surface area contributed by atoms with E-state index in [1.54, 1.807) is 7.11 Å². The predicted octanol–water partition coefficient (Wildman–Crippen LogP) is 2.93. The lowest BCUT2D eigenvalue weighted by molar-refractivity contribution is -0.142. The van der Waals surface area contributed by atoms with Gasteiger partial charge in [0.05, 0.1) is 14.2 Å². The van der Waals surface area contributed by atoms with Gasteiger partial charge >= 0.3 is 5.97 Å². The van der Waals surface area contributed by atoms with Crippen LogP contribution in [0.15, 0.2) is 36.4 Å². The Bertz CT molecular complexity index is 742. The molecule has 0 aromatic heterocycles. The molecule has 0 spiro atoms. The maximum absolute atomic E-state index is 11.5. The van der Waals surface area contributed by atoms with Crippen molar-refractivity contribution in [3.63, 3.8) is 0 Å². The summed E-state index contributed by atoms with van der Waals surface area (Å²) in [5.41, 5.74) is 9.90. The van der Waals surface area contributed by atoms with Crippen LogP contribution in [0.3, 0.4) is 0 Å². The summed E-state index contributed by atoms with van der Waals surface area (Å²) >= 11 is 0. The van der Waals surface area contributed by atoms with E-state index >= 15 is 0 Å². The van der Waals surface area contributed by atoms with E-state index in [0.29, 0.717) is 13.0 Å². The van der Waals surface area contributed by atoms with Crippen molar-refractivity contribution in [2.24, 2.45) is 5.73 Å². The number of ether oxygens (including phenoxy) is 3. The maximum atomic E-state index is 11.5. The number of hydrogen-bond acceptors (Lipinski definition) is 5. The van der Waals surface area contributed by atoms with Crippen molar-refractivity contribution in [2.75, 3.05) is 14.2 Å². The molecule has 2 N–H and O–H groups in total. The van der Waals surface area contributed by atoms with E-state index in [2.05, 4.69) is 10.8 Å². The molecule has 25 heavy (non-hydrogen) atoms. The molecule has 2 aromatic rings. The Morgan fingerprint density at radius 3 is 2.52 bits per heavy atom. The molecule has 2 aromatic carbocycles. The molecule has 0 heterocycles. The van der Waals surface area contributed by atoms with Gasteiger partial charge in [0, 0.05) is 5.56 Å². The third-order valence-corrected chi connectivity index (χ3v) is 4.03. The highest BCUT2D eigenvalue weighted by Gasteiger charge is 2.15. The molecule has 0 amide bonds. The summed E-state index contributed by atoms with van der Waals surface area (Å²) in [6.07, 6.45) is 0.396. The molecule has 134 valence electrons. The predicted molar refractivity (Wildman–Crippen MR) is 96.9 cm³/mol. The van der Waals surface area contributed by atoms with E-state index < -0.39 is 12.0 Å². The Kier molecular flexibility index (Phi) is 6.42. The first kappa shape index (κ1) is 18.8. The Hall–Kier alpha value is -2.53. The fourth-order valence-corrected chi connectivity index (χ4v) is 2.58. The summed E-state index contributed by atoms with van der Waals surface area (Å²) in [5.74, 6) is 1.16. The van der Waals surface area contributed by atoms with Crippen LogP contribution in [-0.2, 0) is 22.6 Å². The molecule has 2 rings (SSSR count). The van der Waals surface area contributed by atoms with Crippen LogP contribution in [0.25, 0.3) is 0 Å². The van der Waals surface area contributed by atoms with Crippen molar-refractivity contribution < 1.29 is 19.0 Å². The van der Waals surface area contributed by atoms with E-state index in [1.165, 1.54) is 7.11 Å². The van der Waals surface area contributed by atoms with Crippen LogP contribution >= 0.6 is 0 Å². The molecule has 0 bridgehead atoms. The highest BCUT2D eigenvalue weighted by molar-refractivity contribution is 5.75. The molecule has 0 radical (unpaired) electrons. The number of hydrogen-bond donors (Lipinski definition) is 1. The van der Waals surface area contributed by atoms with Crippen molar-refractivity contribution in [1.82, 2.24) is 0 Å². The van der Waals surface area contributed by atoms with Gasteiger partial charge in [0.15, 0.2) is 0 Å². The highest BCUT2D eigenvalue weighted by Crippen LogP contribution is 2.25. The van der Waals surface area contributed by atoms with Gasteiger partial charge in [-0.05, 0) is 55.2 Å².